The predicted octanol–water partition coefficient (Wildman–Crippen LogP) is 4.03. The summed E-state index contributed by atoms with van der Waals surface area (Å²) in [6, 6.07) is 22.4. The van der Waals surface area contributed by atoms with Gasteiger partial charge in [0, 0.05) is 18.1 Å². The smallest absolute Gasteiger partial charge is 0.0479 e. The molecule has 112 valence electrons. The average molecular weight is 282 g/mol. The fourth-order valence-corrected chi connectivity index (χ4v) is 2.58. The lowest BCUT2D eigenvalue weighted by molar-refractivity contribution is 0.236. The van der Waals surface area contributed by atoms with Crippen LogP contribution in [0.25, 0.3) is 0 Å². The fourth-order valence-electron chi connectivity index (χ4n) is 2.58. The summed E-state index contributed by atoms with van der Waals surface area (Å²) in [5, 5.41) is 3.79. The van der Waals surface area contributed by atoms with Crippen LogP contribution in [0.5, 0.6) is 0 Å². The molecule has 0 fully saturated rings. The molecule has 0 aromatic heterocycles. The first-order chi connectivity index (χ1) is 10.1. The Morgan fingerprint density at radius 2 is 1.24 bits per heavy atom. The molecule has 0 aliphatic heterocycles. The molecule has 1 N–H and O–H groups in total. The minimum atomic E-state index is 0.302. The van der Waals surface area contributed by atoms with Gasteiger partial charge in [-0.25, -0.2) is 0 Å². The van der Waals surface area contributed by atoms with Crippen LogP contribution in [-0.2, 0) is 0 Å². The lowest BCUT2D eigenvalue weighted by Crippen LogP contribution is -2.40. The fraction of sp³-hybridized carbons (Fsp3) is 0.368. The van der Waals surface area contributed by atoms with Crippen LogP contribution in [0, 0.1) is 0 Å². The minimum absolute atomic E-state index is 0.302. The summed E-state index contributed by atoms with van der Waals surface area (Å²) in [7, 11) is 4.27. The third-order valence-corrected chi connectivity index (χ3v) is 4.18. The van der Waals surface area contributed by atoms with E-state index < -0.39 is 0 Å². The maximum absolute atomic E-state index is 3.79. The number of hydrogen-bond donors (Lipinski definition) is 1. The van der Waals surface area contributed by atoms with E-state index in [2.05, 4.69) is 98.8 Å². The summed E-state index contributed by atoms with van der Waals surface area (Å²) in [6.45, 7) is 4.50. The van der Waals surface area contributed by atoms with E-state index in [-0.39, 0.29) is 0 Å². The highest BCUT2D eigenvalue weighted by molar-refractivity contribution is 5.23. The summed E-state index contributed by atoms with van der Waals surface area (Å²) in [4.78, 5) is 2.27. The summed E-state index contributed by atoms with van der Waals surface area (Å²) in [6.07, 6.45) is 0. The Kier molecular flexibility index (Phi) is 5.54. The van der Waals surface area contributed by atoms with Gasteiger partial charge >= 0.3 is 0 Å². The zero-order valence-electron chi connectivity index (χ0n) is 13.5. The van der Waals surface area contributed by atoms with E-state index >= 15 is 0 Å². The molecule has 2 heteroatoms. The highest BCUT2D eigenvalue weighted by Crippen LogP contribution is 2.24. The number of rotatable bonds is 6. The predicted molar refractivity (Wildman–Crippen MR) is 90.3 cm³/mol. The van der Waals surface area contributed by atoms with Gasteiger partial charge in [-0.1, -0.05) is 60.7 Å². The molecule has 0 aliphatic carbocycles. The standard InChI is InChI=1S/C19H26N2/c1-15(17-11-7-5-8-12-17)20-19(16(2)21(3)4)18-13-9-6-10-14-18/h5-16,19-20H,1-4H3/t15-,16+,19+/m1/s1. The molecule has 2 rings (SSSR count). The van der Waals surface area contributed by atoms with Crippen molar-refractivity contribution >= 4 is 0 Å². The Balaban J connectivity index is 2.20. The SMILES string of the molecule is C[C@@H](N[C@H](c1ccccc1)[C@H](C)N(C)C)c1ccccc1. The molecule has 2 nitrogen and oxygen atoms in total. The minimum Gasteiger partial charge on any atom is -0.305 e. The second kappa shape index (κ2) is 7.39. The van der Waals surface area contributed by atoms with Crippen molar-refractivity contribution in [3.8, 4) is 0 Å². The van der Waals surface area contributed by atoms with Gasteiger partial charge in [0.2, 0.25) is 0 Å². The Labute approximate surface area is 128 Å². The van der Waals surface area contributed by atoms with Crippen molar-refractivity contribution in [3.63, 3.8) is 0 Å². The Bertz CT molecular complexity index is 522. The van der Waals surface area contributed by atoms with Gasteiger partial charge in [-0.05, 0) is 39.1 Å². The van der Waals surface area contributed by atoms with Crippen LogP contribution in [0.2, 0.25) is 0 Å². The maximum atomic E-state index is 3.79. The highest BCUT2D eigenvalue weighted by Gasteiger charge is 2.22. The summed E-state index contributed by atoms with van der Waals surface area (Å²) < 4.78 is 0. The maximum Gasteiger partial charge on any atom is 0.0479 e. The molecule has 0 heterocycles. The van der Waals surface area contributed by atoms with Gasteiger partial charge in [-0.15, -0.1) is 0 Å². The molecule has 3 atom stereocenters. The quantitative estimate of drug-likeness (QED) is 0.860. The lowest BCUT2D eigenvalue weighted by atomic mass is 9.97. The topological polar surface area (TPSA) is 15.3 Å². The number of hydrogen-bond acceptors (Lipinski definition) is 2. The van der Waals surface area contributed by atoms with Crippen LogP contribution in [0.4, 0.5) is 0 Å². The first-order valence-corrected chi connectivity index (χ1v) is 7.62. The van der Waals surface area contributed by atoms with E-state index in [4.69, 9.17) is 0 Å². The third kappa shape index (κ3) is 4.16. The van der Waals surface area contributed by atoms with Gasteiger partial charge in [-0.2, -0.15) is 0 Å². The van der Waals surface area contributed by atoms with Gasteiger partial charge in [0.25, 0.3) is 0 Å². The van der Waals surface area contributed by atoms with E-state index in [0.717, 1.165) is 0 Å². The van der Waals surface area contributed by atoms with Crippen molar-refractivity contribution in [2.75, 3.05) is 14.1 Å². The van der Waals surface area contributed by atoms with Crippen LogP contribution in [0.15, 0.2) is 60.7 Å². The van der Waals surface area contributed by atoms with Crippen LogP contribution < -0.4 is 5.32 Å². The normalized spacial score (nSPS) is 15.7. The lowest BCUT2D eigenvalue weighted by Gasteiger charge is -2.33. The first kappa shape index (κ1) is 15.7. The van der Waals surface area contributed by atoms with Crippen molar-refractivity contribution in [1.29, 1.82) is 0 Å². The molecule has 0 saturated heterocycles. The van der Waals surface area contributed by atoms with Crippen molar-refractivity contribution < 1.29 is 0 Å². The molecule has 0 aliphatic rings. The van der Waals surface area contributed by atoms with Crippen LogP contribution in [-0.4, -0.2) is 25.0 Å². The average Bonchev–Trinajstić information content (AvgIpc) is 2.53. The summed E-state index contributed by atoms with van der Waals surface area (Å²) in [5.74, 6) is 0. The van der Waals surface area contributed by atoms with Crippen LogP contribution in [0.1, 0.15) is 37.1 Å². The van der Waals surface area contributed by atoms with E-state index in [1.54, 1.807) is 0 Å². The largest absolute Gasteiger partial charge is 0.305 e. The molecule has 0 amide bonds. The molecule has 0 radical (unpaired) electrons. The molecule has 0 saturated carbocycles. The van der Waals surface area contributed by atoms with Crippen LogP contribution >= 0.6 is 0 Å². The highest BCUT2D eigenvalue weighted by atomic mass is 15.1. The van der Waals surface area contributed by atoms with Crippen molar-refractivity contribution in [2.24, 2.45) is 0 Å². The second-order valence-electron chi connectivity index (χ2n) is 5.89. The third-order valence-electron chi connectivity index (χ3n) is 4.18. The van der Waals surface area contributed by atoms with Crippen molar-refractivity contribution in [1.82, 2.24) is 10.2 Å². The Morgan fingerprint density at radius 3 is 1.71 bits per heavy atom. The molecule has 2 aromatic rings. The van der Waals surface area contributed by atoms with E-state index in [0.29, 0.717) is 18.1 Å². The van der Waals surface area contributed by atoms with Crippen molar-refractivity contribution in [2.45, 2.75) is 32.0 Å². The zero-order valence-corrected chi connectivity index (χ0v) is 13.5. The summed E-state index contributed by atoms with van der Waals surface area (Å²) >= 11 is 0. The number of nitrogens with one attached hydrogen (secondary N) is 1. The van der Waals surface area contributed by atoms with Gasteiger partial charge in [0.05, 0.1) is 0 Å². The Morgan fingerprint density at radius 1 is 0.762 bits per heavy atom. The molecule has 21 heavy (non-hydrogen) atoms. The van der Waals surface area contributed by atoms with Gasteiger partial charge < -0.3 is 10.2 Å². The van der Waals surface area contributed by atoms with E-state index in [9.17, 15) is 0 Å². The Hall–Kier alpha value is -1.64. The number of benzene rings is 2. The second-order valence-corrected chi connectivity index (χ2v) is 5.89. The molecule has 2 aromatic carbocycles. The number of nitrogens with zero attached hydrogens (tertiary/aromatic N) is 1. The van der Waals surface area contributed by atoms with E-state index in [1.807, 2.05) is 0 Å². The molecule has 0 spiro atoms. The molecular weight excluding hydrogens is 256 g/mol. The van der Waals surface area contributed by atoms with Crippen LogP contribution in [0.3, 0.4) is 0 Å². The molecule has 0 unspecified atom stereocenters. The molecular formula is C19H26N2. The van der Waals surface area contributed by atoms with Gasteiger partial charge in [-0.3, -0.25) is 0 Å². The van der Waals surface area contributed by atoms with Gasteiger partial charge in [0.15, 0.2) is 0 Å². The van der Waals surface area contributed by atoms with Crippen molar-refractivity contribution in [3.05, 3.63) is 71.8 Å². The zero-order chi connectivity index (χ0) is 15.2. The number of likely N-dealkylation sites (N-methyl/N-ethyl adjacent to an activating group) is 1. The monoisotopic (exact) mass is 282 g/mol. The molecule has 0 bridgehead atoms. The first-order valence-electron chi connectivity index (χ1n) is 7.62. The van der Waals surface area contributed by atoms with E-state index in [1.165, 1.54) is 11.1 Å². The van der Waals surface area contributed by atoms with Gasteiger partial charge in [0.1, 0.15) is 0 Å². The summed E-state index contributed by atoms with van der Waals surface area (Å²) in [5.41, 5.74) is 2.66.